The van der Waals surface area contributed by atoms with Crippen molar-refractivity contribution < 1.29 is 4.79 Å². The number of halogens is 1. The van der Waals surface area contributed by atoms with Gasteiger partial charge in [0.05, 0.1) is 28.3 Å². The Kier molecular flexibility index (Phi) is 4.00. The van der Waals surface area contributed by atoms with Gasteiger partial charge in [-0.3, -0.25) is 9.48 Å². The van der Waals surface area contributed by atoms with Crippen molar-refractivity contribution in [3.8, 4) is 0 Å². The largest absolute Gasteiger partial charge is 0.363 e. The Morgan fingerprint density at radius 2 is 2.27 bits per heavy atom. The van der Waals surface area contributed by atoms with E-state index in [2.05, 4.69) is 37.3 Å². The molecule has 1 aliphatic heterocycles. The van der Waals surface area contributed by atoms with E-state index in [1.165, 1.54) is 6.08 Å². The van der Waals surface area contributed by atoms with Crippen LogP contribution in [0.25, 0.3) is 11.0 Å². The van der Waals surface area contributed by atoms with Crippen molar-refractivity contribution in [3.63, 3.8) is 0 Å². The van der Waals surface area contributed by atoms with Crippen LogP contribution in [0.4, 0.5) is 17.5 Å². The predicted molar refractivity (Wildman–Crippen MR) is 99.6 cm³/mol. The quantitative estimate of drug-likeness (QED) is 0.591. The Labute approximate surface area is 154 Å². The number of fused-ring (bicyclic) bond motifs is 1. The van der Waals surface area contributed by atoms with E-state index in [0.717, 1.165) is 11.1 Å². The van der Waals surface area contributed by atoms with Crippen LogP contribution >= 0.6 is 11.6 Å². The summed E-state index contributed by atoms with van der Waals surface area (Å²) in [5.41, 5.74) is 1.40. The van der Waals surface area contributed by atoms with Gasteiger partial charge in [0, 0.05) is 32.5 Å². The minimum absolute atomic E-state index is 0.0745. The summed E-state index contributed by atoms with van der Waals surface area (Å²) in [4.78, 5) is 25.3. The summed E-state index contributed by atoms with van der Waals surface area (Å²) in [6.07, 6.45) is 6.51. The first-order valence-electron chi connectivity index (χ1n) is 8.01. The number of carbonyl (C=O) groups is 1. The maximum atomic E-state index is 11.6. The van der Waals surface area contributed by atoms with Gasteiger partial charge in [-0.25, -0.2) is 0 Å². The van der Waals surface area contributed by atoms with Crippen LogP contribution in [0.2, 0.25) is 5.02 Å². The van der Waals surface area contributed by atoms with Crippen LogP contribution in [0.5, 0.6) is 0 Å². The number of likely N-dealkylation sites (tertiary alicyclic amines) is 1. The van der Waals surface area contributed by atoms with Crippen molar-refractivity contribution in [3.05, 3.63) is 36.3 Å². The van der Waals surface area contributed by atoms with Gasteiger partial charge in [0.2, 0.25) is 11.9 Å². The molecule has 0 saturated carbocycles. The number of nitrogens with one attached hydrogen (secondary N) is 3. The molecule has 0 radical (unpaired) electrons. The zero-order chi connectivity index (χ0) is 18.3. The van der Waals surface area contributed by atoms with Crippen LogP contribution in [0.1, 0.15) is 0 Å². The van der Waals surface area contributed by atoms with Crippen LogP contribution in [0.15, 0.2) is 31.2 Å². The highest BCUT2D eigenvalue weighted by molar-refractivity contribution is 6.36. The summed E-state index contributed by atoms with van der Waals surface area (Å²) < 4.78 is 1.69. The van der Waals surface area contributed by atoms with E-state index in [4.69, 9.17) is 11.6 Å². The number of hydrogen-bond donors (Lipinski definition) is 3. The molecular weight excluding hydrogens is 356 g/mol. The van der Waals surface area contributed by atoms with Crippen LogP contribution in [0.3, 0.4) is 0 Å². The molecule has 1 amide bonds. The van der Waals surface area contributed by atoms with Gasteiger partial charge in [-0.1, -0.05) is 18.2 Å². The molecule has 0 aliphatic carbocycles. The Hall–Kier alpha value is -3.07. The van der Waals surface area contributed by atoms with Gasteiger partial charge in [-0.2, -0.15) is 15.1 Å². The number of aromatic nitrogens is 5. The Morgan fingerprint density at radius 1 is 1.46 bits per heavy atom. The SMILES string of the molecule is C=CC(=O)N1CC(Nc2nc(Nc3cnn(C)c3)nc3[nH]cc(Cl)c23)C1. The van der Waals surface area contributed by atoms with Crippen molar-refractivity contribution in [1.82, 2.24) is 29.6 Å². The lowest BCUT2D eigenvalue weighted by Crippen LogP contribution is -2.56. The van der Waals surface area contributed by atoms with Gasteiger partial charge < -0.3 is 20.5 Å². The molecule has 10 heteroatoms. The molecule has 0 bridgehead atoms. The molecule has 1 saturated heterocycles. The van der Waals surface area contributed by atoms with E-state index >= 15 is 0 Å². The molecular formula is C16H17ClN8O. The fraction of sp³-hybridized carbons (Fsp3) is 0.250. The molecule has 4 rings (SSSR count). The number of H-pyrrole nitrogens is 1. The van der Waals surface area contributed by atoms with Crippen molar-refractivity contribution in [2.45, 2.75) is 6.04 Å². The van der Waals surface area contributed by atoms with E-state index in [-0.39, 0.29) is 11.9 Å². The lowest BCUT2D eigenvalue weighted by molar-refractivity contribution is -0.129. The van der Waals surface area contributed by atoms with Crippen LogP contribution in [-0.2, 0) is 11.8 Å². The maximum absolute atomic E-state index is 11.6. The van der Waals surface area contributed by atoms with Gasteiger partial charge in [0.15, 0.2) is 0 Å². The predicted octanol–water partition coefficient (Wildman–Crippen LogP) is 1.90. The smallest absolute Gasteiger partial charge is 0.246 e. The number of amides is 1. The number of rotatable bonds is 5. The number of aryl methyl sites for hydroxylation is 1. The van der Waals surface area contributed by atoms with Crippen molar-refractivity contribution in [2.75, 3.05) is 23.7 Å². The van der Waals surface area contributed by atoms with Crippen molar-refractivity contribution in [1.29, 1.82) is 0 Å². The zero-order valence-electron chi connectivity index (χ0n) is 14.0. The molecule has 26 heavy (non-hydrogen) atoms. The molecule has 0 unspecified atom stereocenters. The van der Waals surface area contributed by atoms with Gasteiger partial charge in [-0.15, -0.1) is 0 Å². The first kappa shape index (κ1) is 16.4. The molecule has 3 aromatic rings. The fourth-order valence-corrected chi connectivity index (χ4v) is 3.08. The van der Waals surface area contributed by atoms with Crippen LogP contribution < -0.4 is 10.6 Å². The molecule has 4 heterocycles. The van der Waals surface area contributed by atoms with Crippen LogP contribution in [-0.4, -0.2) is 54.7 Å². The highest BCUT2D eigenvalue weighted by Crippen LogP contribution is 2.31. The summed E-state index contributed by atoms with van der Waals surface area (Å²) in [5.74, 6) is 0.961. The first-order valence-corrected chi connectivity index (χ1v) is 8.39. The summed E-state index contributed by atoms with van der Waals surface area (Å²) in [7, 11) is 1.83. The molecule has 3 aromatic heterocycles. The third kappa shape index (κ3) is 2.97. The first-order chi connectivity index (χ1) is 12.5. The average molecular weight is 373 g/mol. The maximum Gasteiger partial charge on any atom is 0.246 e. The van der Waals surface area contributed by atoms with Gasteiger partial charge in [0.1, 0.15) is 11.5 Å². The minimum Gasteiger partial charge on any atom is -0.363 e. The van der Waals surface area contributed by atoms with Crippen molar-refractivity contribution in [2.24, 2.45) is 7.05 Å². The second-order valence-electron chi connectivity index (χ2n) is 6.07. The highest BCUT2D eigenvalue weighted by Gasteiger charge is 2.30. The molecule has 9 nitrogen and oxygen atoms in total. The molecule has 0 spiro atoms. The van der Waals surface area contributed by atoms with Gasteiger partial charge in [0.25, 0.3) is 0 Å². The molecule has 0 atom stereocenters. The summed E-state index contributed by atoms with van der Waals surface area (Å²) in [5, 5.41) is 11.8. The second kappa shape index (κ2) is 6.34. The second-order valence-corrected chi connectivity index (χ2v) is 6.48. The Morgan fingerprint density at radius 3 is 2.96 bits per heavy atom. The third-order valence-electron chi connectivity index (χ3n) is 4.15. The monoisotopic (exact) mass is 372 g/mol. The average Bonchev–Trinajstić information content (AvgIpc) is 3.15. The van der Waals surface area contributed by atoms with E-state index in [1.54, 1.807) is 22.0 Å². The number of carbonyl (C=O) groups excluding carboxylic acids is 1. The van der Waals surface area contributed by atoms with Gasteiger partial charge >= 0.3 is 0 Å². The third-order valence-corrected chi connectivity index (χ3v) is 4.45. The topological polar surface area (TPSA) is 104 Å². The van der Waals surface area contributed by atoms with E-state index in [9.17, 15) is 4.79 Å². The van der Waals surface area contributed by atoms with E-state index in [1.807, 2.05) is 13.2 Å². The summed E-state index contributed by atoms with van der Waals surface area (Å²) in [6, 6.07) is 0.0919. The molecule has 3 N–H and O–H groups in total. The summed E-state index contributed by atoms with van der Waals surface area (Å²) >= 11 is 6.28. The number of anilines is 3. The molecule has 1 aliphatic rings. The minimum atomic E-state index is -0.0745. The van der Waals surface area contributed by atoms with Gasteiger partial charge in [-0.05, 0) is 6.08 Å². The van der Waals surface area contributed by atoms with Crippen molar-refractivity contribution >= 4 is 46.0 Å². The number of hydrogen-bond acceptors (Lipinski definition) is 6. The Balaban J connectivity index is 1.59. The normalized spacial score (nSPS) is 14.3. The standard InChI is InChI=1S/C16H17ClN8O/c1-3-12(26)25-7-10(8-25)20-15-13-11(17)5-18-14(13)22-16(23-15)21-9-4-19-24(2)6-9/h3-6,10H,1,7-8H2,2H3,(H3,18,20,21,22,23). The highest BCUT2D eigenvalue weighted by atomic mass is 35.5. The van der Waals surface area contributed by atoms with E-state index in [0.29, 0.717) is 35.5 Å². The molecule has 0 aromatic carbocycles. The number of aromatic amines is 1. The lowest BCUT2D eigenvalue weighted by atomic mass is 10.1. The lowest BCUT2D eigenvalue weighted by Gasteiger charge is -2.39. The zero-order valence-corrected chi connectivity index (χ0v) is 14.8. The molecule has 134 valence electrons. The Bertz CT molecular complexity index is 987. The molecule has 1 fully saturated rings. The van der Waals surface area contributed by atoms with E-state index < -0.39 is 0 Å². The fourth-order valence-electron chi connectivity index (χ4n) is 2.84. The summed E-state index contributed by atoms with van der Waals surface area (Å²) in [6.45, 7) is 4.68. The number of nitrogens with zero attached hydrogens (tertiary/aromatic N) is 5. The van der Waals surface area contributed by atoms with Crippen LogP contribution in [0, 0.1) is 0 Å².